The first kappa shape index (κ1) is 69.5. The molecule has 0 saturated carbocycles. The second-order valence-corrected chi connectivity index (χ2v) is 32.1. The van der Waals surface area contributed by atoms with E-state index < -0.39 is 45.5 Å². The smallest absolute Gasteiger partial charge is 0.343 e. The number of nitrogens with zero attached hydrogens (tertiary/aromatic N) is 3. The van der Waals surface area contributed by atoms with Crippen molar-refractivity contribution >= 4 is 46.5 Å². The summed E-state index contributed by atoms with van der Waals surface area (Å²) >= 11 is 1.45. The molecule has 4 heterocycles. The number of ether oxygens (including phenoxy) is 5. The number of rotatable bonds is 17. The number of benzene rings is 5. The Bertz CT molecular complexity index is 4050. The zero-order chi connectivity index (χ0) is 68.9. The van der Waals surface area contributed by atoms with E-state index in [2.05, 4.69) is 142 Å². The minimum absolute atomic E-state index is 0.00282. The third-order valence-electron chi connectivity index (χ3n) is 18.3. The van der Waals surface area contributed by atoms with E-state index in [1.807, 2.05) is 45.9 Å². The lowest BCUT2D eigenvalue weighted by atomic mass is 9.79. The maximum Gasteiger partial charge on any atom is 0.343 e. The number of amides is 2. The van der Waals surface area contributed by atoms with Gasteiger partial charge in [-0.25, -0.2) is 14.6 Å². The molecule has 2 fully saturated rings. The number of carbonyl (C=O) groups excluding carboxylic acids is 4. The Morgan fingerprint density at radius 3 is 1.49 bits per heavy atom. The molecule has 3 aliphatic rings. The number of pyridine rings is 2. The van der Waals surface area contributed by atoms with E-state index in [1.54, 1.807) is 28.8 Å². The molecule has 2 aromatic heterocycles. The molecule has 0 radical (unpaired) electrons. The van der Waals surface area contributed by atoms with Crippen molar-refractivity contribution in [2.75, 3.05) is 33.0 Å². The van der Waals surface area contributed by atoms with Crippen LogP contribution in [0.3, 0.4) is 0 Å². The number of fused-ring (bicyclic) bond motifs is 10. The number of aromatic nitrogens is 2. The summed E-state index contributed by atoms with van der Waals surface area (Å²) in [7, 11) is 0. The lowest BCUT2D eigenvalue weighted by Crippen LogP contribution is -2.71. The van der Waals surface area contributed by atoms with Crippen molar-refractivity contribution in [2.45, 2.75) is 200 Å². The highest BCUT2D eigenvalue weighted by molar-refractivity contribution is 8.01. The third kappa shape index (κ3) is 15.2. The van der Waals surface area contributed by atoms with Gasteiger partial charge < -0.3 is 48.7 Å². The first-order valence-electron chi connectivity index (χ1n) is 33.2. The number of aryl methyl sites for hydroxylation is 2. The number of hydrogen-bond donors (Lipinski definition) is 3. The van der Waals surface area contributed by atoms with Gasteiger partial charge in [0.05, 0.1) is 31.8 Å². The van der Waals surface area contributed by atoms with Crippen molar-refractivity contribution in [3.05, 3.63) is 185 Å². The number of phenols is 2. The summed E-state index contributed by atoms with van der Waals surface area (Å²) in [5, 5.41) is 28.5. The van der Waals surface area contributed by atoms with Crippen molar-refractivity contribution < 1.29 is 53.1 Å². The van der Waals surface area contributed by atoms with E-state index in [-0.39, 0.29) is 103 Å². The fourth-order valence-corrected chi connectivity index (χ4v) is 14.4. The summed E-state index contributed by atoms with van der Waals surface area (Å²) in [6.45, 7) is 34.1. The van der Waals surface area contributed by atoms with Crippen molar-refractivity contribution in [3.8, 4) is 28.7 Å². The zero-order valence-corrected chi connectivity index (χ0v) is 59.0. The van der Waals surface area contributed by atoms with E-state index in [0.717, 1.165) is 50.2 Å². The van der Waals surface area contributed by atoms with Crippen LogP contribution in [0.2, 0.25) is 0 Å². The minimum Gasteiger partial charge on any atom is -0.507 e. The van der Waals surface area contributed by atoms with Crippen LogP contribution >= 0.6 is 11.8 Å². The lowest BCUT2D eigenvalue weighted by molar-refractivity contribution is -0.164. The van der Waals surface area contributed by atoms with E-state index >= 15 is 0 Å². The van der Waals surface area contributed by atoms with Crippen LogP contribution in [0.15, 0.2) is 102 Å². The summed E-state index contributed by atoms with van der Waals surface area (Å²) in [6, 6.07) is 27.7. The summed E-state index contributed by atoms with van der Waals surface area (Å²) in [5.41, 5.74) is 9.72. The van der Waals surface area contributed by atoms with Crippen molar-refractivity contribution in [2.24, 2.45) is 0 Å². The Labute approximate surface area is 563 Å². The Morgan fingerprint density at radius 1 is 0.611 bits per heavy atom. The topological polar surface area (TPSA) is 205 Å². The number of esters is 2. The van der Waals surface area contributed by atoms with E-state index in [1.165, 1.54) is 22.9 Å². The molecule has 8 bridgehead atoms. The van der Waals surface area contributed by atoms with Gasteiger partial charge in [-0.1, -0.05) is 150 Å². The van der Waals surface area contributed by atoms with Crippen LogP contribution in [-0.4, -0.2) is 104 Å². The fraction of sp³-hybridized carbons (Fsp3) is 0.462. The molecule has 2 saturated heterocycles. The molecule has 0 unspecified atom stereocenters. The van der Waals surface area contributed by atoms with Gasteiger partial charge in [0.1, 0.15) is 57.4 Å². The quantitative estimate of drug-likeness (QED) is 0.0441. The molecular weight excluding hydrogens is 1220 g/mol. The number of hydrogen-bond acceptors (Lipinski definition) is 14. The van der Waals surface area contributed by atoms with Crippen molar-refractivity contribution in [3.63, 3.8) is 0 Å². The Balaban J connectivity index is 0.965. The molecular formula is C78H94N4O12S. The number of thioether (sulfide) groups is 1. The van der Waals surface area contributed by atoms with Crippen LogP contribution in [-0.2, 0) is 77.7 Å². The van der Waals surface area contributed by atoms with Gasteiger partial charge in [0.2, 0.25) is 11.3 Å². The minimum atomic E-state index is -0.882. The van der Waals surface area contributed by atoms with Gasteiger partial charge in [-0.3, -0.25) is 14.4 Å². The van der Waals surface area contributed by atoms with Crippen LogP contribution in [0.1, 0.15) is 200 Å². The highest BCUT2D eigenvalue weighted by Gasteiger charge is 2.64. The van der Waals surface area contributed by atoms with Crippen molar-refractivity contribution in [1.82, 2.24) is 19.8 Å². The molecule has 0 spiro atoms. The molecule has 3 N–H and O–H groups in total. The monoisotopic (exact) mass is 1310 g/mol. The Kier molecular flexibility index (Phi) is 19.8. The average molecular weight is 1310 g/mol. The SMILES string of the molecule is CCn1cc(C(=O)OCCCOc2c3cc(C(C)(C)C)cc2Cc2cc(C(C)(C)C)cc(c2O)Cc2cc(C(C)(C)C)cc(c2OCCCOC(=O)[C@@H]2N4C(=O)[C@@H](NC(=O)COc5ccccc5)[C@H]4SC2(C)C)Cc2cc(C(C)(C)C)cc(c2O)C3)c(=O)c2ccc(C)nc21. The molecule has 7 aromatic rings. The highest BCUT2D eigenvalue weighted by atomic mass is 32.2. The molecule has 2 amide bonds. The Hall–Kier alpha value is -8.31. The third-order valence-corrected chi connectivity index (χ3v) is 19.8. The first-order valence-corrected chi connectivity index (χ1v) is 34.1. The highest BCUT2D eigenvalue weighted by Crippen LogP contribution is 2.51. The molecule has 504 valence electrons. The summed E-state index contributed by atoms with van der Waals surface area (Å²) < 4.78 is 32.4. The second kappa shape index (κ2) is 27.1. The lowest BCUT2D eigenvalue weighted by Gasteiger charge is -2.43. The van der Waals surface area contributed by atoms with E-state index in [9.17, 15) is 34.2 Å². The number of para-hydroxylation sites is 1. The van der Waals surface area contributed by atoms with Crippen LogP contribution in [0.5, 0.6) is 28.7 Å². The summed E-state index contributed by atoms with van der Waals surface area (Å²) in [6.07, 6.45) is 3.25. The molecule has 5 aromatic carbocycles. The molecule has 10 rings (SSSR count). The average Bonchev–Trinajstić information content (AvgIpc) is 1.57. The predicted molar refractivity (Wildman–Crippen MR) is 373 cm³/mol. The van der Waals surface area contributed by atoms with Crippen LogP contribution in [0, 0.1) is 6.92 Å². The molecule has 2 aliphatic heterocycles. The standard InChI is InChI=1S/C78H94N4O12S/c1-17-81-43-60(65(86)59-26-25-45(2)79-69(59)81)72(88)92-29-21-27-90-66-50-31-46-35-54(74(3,4)5)37-48(63(46)84)33-52-41-57(77(12,13)14)42-53(34-49-38-55(75(6,7)8)36-47(64(49)85)32-51(66)40-56(39-50)76(9,10)11)67(52)91-28-22-30-93-73(89)68-78(15,16)95-71-62(70(87)82(68)71)80-61(83)44-94-58-23-19-18-20-24-58/h18-20,23-26,35-43,62,68,71,84-85H,17,21-22,27-34,44H2,1-16H3,(H,80,83)/t62-,68+,71-/m1/s1. The Morgan fingerprint density at radius 2 is 1.05 bits per heavy atom. The van der Waals surface area contributed by atoms with Crippen LogP contribution < -0.4 is 25.0 Å². The largest absolute Gasteiger partial charge is 0.507 e. The zero-order valence-electron chi connectivity index (χ0n) is 58.2. The van der Waals surface area contributed by atoms with Crippen molar-refractivity contribution in [1.29, 1.82) is 0 Å². The number of phenolic OH excluding ortho intramolecular Hbond substituents is 2. The molecule has 1 aliphatic carbocycles. The van der Waals surface area contributed by atoms with Gasteiger partial charge in [0.25, 0.3) is 5.91 Å². The number of aromatic hydroxyl groups is 2. The maximum absolute atomic E-state index is 14.1. The predicted octanol–water partition coefficient (Wildman–Crippen LogP) is 13.6. The fourth-order valence-electron chi connectivity index (χ4n) is 12.7. The second-order valence-electron chi connectivity index (χ2n) is 30.3. The van der Waals surface area contributed by atoms with Gasteiger partial charge in [0.15, 0.2) is 6.61 Å². The molecule has 16 nitrogen and oxygen atoms in total. The normalized spacial score (nSPS) is 17.0. The van der Waals surface area contributed by atoms with E-state index in [0.29, 0.717) is 69.9 Å². The van der Waals surface area contributed by atoms with Gasteiger partial charge in [-0.2, -0.15) is 0 Å². The first-order chi connectivity index (χ1) is 44.6. The van der Waals surface area contributed by atoms with Gasteiger partial charge in [-0.15, -0.1) is 11.8 Å². The van der Waals surface area contributed by atoms with Gasteiger partial charge >= 0.3 is 11.9 Å². The summed E-state index contributed by atoms with van der Waals surface area (Å²) in [4.78, 5) is 74.2. The van der Waals surface area contributed by atoms with Gasteiger partial charge in [-0.05, 0) is 140 Å². The van der Waals surface area contributed by atoms with Crippen LogP contribution in [0.4, 0.5) is 0 Å². The molecule has 95 heavy (non-hydrogen) atoms. The number of β-lactam (4-membered cyclic amide) rings is 1. The van der Waals surface area contributed by atoms with E-state index in [4.69, 9.17) is 23.7 Å². The molecule has 3 atom stereocenters. The molecule has 17 heteroatoms. The number of carbonyl (C=O) groups is 4. The summed E-state index contributed by atoms with van der Waals surface area (Å²) in [5.74, 6) is -0.0168. The van der Waals surface area contributed by atoms with Gasteiger partial charge in [0, 0.05) is 61.7 Å². The van der Waals surface area contributed by atoms with Crippen LogP contribution in [0.25, 0.3) is 11.0 Å². The maximum atomic E-state index is 14.1. The number of nitrogens with one attached hydrogen (secondary N) is 1.